The lowest BCUT2D eigenvalue weighted by atomic mass is 10.0. The molecule has 1 atom stereocenters. The summed E-state index contributed by atoms with van der Waals surface area (Å²) in [5.74, 6) is -0.350. The zero-order valence-corrected chi connectivity index (χ0v) is 17.0. The van der Waals surface area contributed by atoms with Gasteiger partial charge in [-0.15, -0.1) is 0 Å². The molecule has 0 aliphatic carbocycles. The van der Waals surface area contributed by atoms with Crippen molar-refractivity contribution in [3.8, 4) is 0 Å². The van der Waals surface area contributed by atoms with E-state index in [2.05, 4.69) is 15.0 Å². The molecular formula is C21H25N3O3S. The second-order valence-electron chi connectivity index (χ2n) is 7.22. The summed E-state index contributed by atoms with van der Waals surface area (Å²) in [6.07, 6.45) is 2.06. The number of hydrogen-bond donors (Lipinski definition) is 3. The minimum atomic E-state index is -3.84. The average molecular weight is 400 g/mol. The summed E-state index contributed by atoms with van der Waals surface area (Å²) in [5.41, 5.74) is 2.66. The van der Waals surface area contributed by atoms with Crippen LogP contribution in [0.5, 0.6) is 0 Å². The fraction of sp³-hybridized carbons (Fsp3) is 0.286. The number of nitrogens with one attached hydrogen (secondary N) is 3. The normalized spacial score (nSPS) is 13.0. The molecule has 0 saturated heterocycles. The molecule has 3 rings (SSSR count). The van der Waals surface area contributed by atoms with Gasteiger partial charge >= 0.3 is 0 Å². The number of rotatable bonds is 7. The number of benzene rings is 2. The van der Waals surface area contributed by atoms with Crippen LogP contribution in [0.15, 0.2) is 59.6 Å². The Hall–Kier alpha value is -2.64. The Kier molecular flexibility index (Phi) is 5.86. The standard InChI is InChI=1S/C21H25N3O3S/c1-14(2)23-21(25)20(12-16-13-22-19-10-5-4-9-18(16)19)24-28(26,27)17-8-6-7-15(3)11-17/h4-11,13-14,20,22,24H,12H2,1-3H3,(H,23,25)/t20-/m0/s1. The topological polar surface area (TPSA) is 91.1 Å². The Balaban J connectivity index is 1.92. The first-order chi connectivity index (χ1) is 13.3. The van der Waals surface area contributed by atoms with E-state index in [1.807, 2.05) is 57.3 Å². The van der Waals surface area contributed by atoms with E-state index in [0.29, 0.717) is 0 Å². The molecule has 1 amide bonds. The number of aryl methyl sites for hydroxylation is 1. The lowest BCUT2D eigenvalue weighted by Gasteiger charge is -2.20. The molecule has 148 valence electrons. The van der Waals surface area contributed by atoms with Gasteiger partial charge in [-0.3, -0.25) is 4.79 Å². The van der Waals surface area contributed by atoms with Crippen molar-refractivity contribution in [1.82, 2.24) is 15.0 Å². The predicted molar refractivity (Wildman–Crippen MR) is 111 cm³/mol. The van der Waals surface area contributed by atoms with Gasteiger partial charge in [-0.2, -0.15) is 4.72 Å². The summed E-state index contributed by atoms with van der Waals surface area (Å²) in [6.45, 7) is 5.51. The van der Waals surface area contributed by atoms with Crippen LogP contribution in [0.1, 0.15) is 25.0 Å². The van der Waals surface area contributed by atoms with Crippen molar-refractivity contribution in [1.29, 1.82) is 0 Å². The van der Waals surface area contributed by atoms with Gasteiger partial charge in [-0.05, 0) is 56.5 Å². The number of sulfonamides is 1. The summed E-state index contributed by atoms with van der Waals surface area (Å²) in [5, 5.41) is 3.78. The van der Waals surface area contributed by atoms with Crippen LogP contribution < -0.4 is 10.0 Å². The fourth-order valence-corrected chi connectivity index (χ4v) is 4.43. The summed E-state index contributed by atoms with van der Waals surface area (Å²) in [7, 11) is -3.84. The van der Waals surface area contributed by atoms with Crippen LogP contribution in [0.2, 0.25) is 0 Å². The Morgan fingerprint density at radius 1 is 1.11 bits per heavy atom. The molecule has 3 aromatic rings. The van der Waals surface area contributed by atoms with Crippen LogP contribution in [0.25, 0.3) is 10.9 Å². The Labute approximate surface area is 165 Å². The molecular weight excluding hydrogens is 374 g/mol. The lowest BCUT2D eigenvalue weighted by Crippen LogP contribution is -2.49. The molecule has 0 unspecified atom stereocenters. The van der Waals surface area contributed by atoms with E-state index in [-0.39, 0.29) is 23.3 Å². The summed E-state index contributed by atoms with van der Waals surface area (Å²) in [4.78, 5) is 16.1. The number of hydrogen-bond acceptors (Lipinski definition) is 3. The summed E-state index contributed by atoms with van der Waals surface area (Å²) >= 11 is 0. The molecule has 1 aromatic heterocycles. The molecule has 6 nitrogen and oxygen atoms in total. The lowest BCUT2D eigenvalue weighted by molar-refractivity contribution is -0.123. The SMILES string of the molecule is Cc1cccc(S(=O)(=O)N[C@@H](Cc2c[nH]c3ccccc23)C(=O)NC(C)C)c1. The monoisotopic (exact) mass is 399 g/mol. The second kappa shape index (κ2) is 8.16. The largest absolute Gasteiger partial charge is 0.361 e. The Bertz CT molecular complexity index is 1090. The molecule has 7 heteroatoms. The van der Waals surface area contributed by atoms with Gasteiger partial charge in [-0.25, -0.2) is 8.42 Å². The van der Waals surface area contributed by atoms with Crippen LogP contribution in [0.4, 0.5) is 0 Å². The van der Waals surface area contributed by atoms with Crippen LogP contribution in [-0.2, 0) is 21.2 Å². The van der Waals surface area contributed by atoms with E-state index in [0.717, 1.165) is 22.0 Å². The van der Waals surface area contributed by atoms with Crippen LogP contribution in [-0.4, -0.2) is 31.4 Å². The molecule has 0 aliphatic rings. The second-order valence-corrected chi connectivity index (χ2v) is 8.93. The third-order valence-electron chi connectivity index (χ3n) is 4.44. The molecule has 3 N–H and O–H groups in total. The van der Waals surface area contributed by atoms with Gasteiger partial charge in [0.05, 0.1) is 4.90 Å². The van der Waals surface area contributed by atoms with Crippen molar-refractivity contribution in [2.45, 2.75) is 44.2 Å². The number of aromatic nitrogens is 1. The minimum Gasteiger partial charge on any atom is -0.361 e. The smallest absolute Gasteiger partial charge is 0.241 e. The molecule has 0 saturated carbocycles. The number of carbonyl (C=O) groups excluding carboxylic acids is 1. The number of H-pyrrole nitrogens is 1. The third-order valence-corrected chi connectivity index (χ3v) is 5.91. The van der Waals surface area contributed by atoms with Crippen molar-refractivity contribution in [3.05, 3.63) is 65.9 Å². The molecule has 0 radical (unpaired) electrons. The van der Waals surface area contributed by atoms with Crippen molar-refractivity contribution in [3.63, 3.8) is 0 Å². The summed E-state index contributed by atoms with van der Waals surface area (Å²) < 4.78 is 28.3. The number of aromatic amines is 1. The van der Waals surface area contributed by atoms with E-state index in [9.17, 15) is 13.2 Å². The molecule has 28 heavy (non-hydrogen) atoms. The molecule has 0 spiro atoms. The van der Waals surface area contributed by atoms with Crippen molar-refractivity contribution in [2.24, 2.45) is 0 Å². The highest BCUT2D eigenvalue weighted by Gasteiger charge is 2.27. The highest BCUT2D eigenvalue weighted by molar-refractivity contribution is 7.89. The molecule has 0 aliphatic heterocycles. The van der Waals surface area contributed by atoms with Gasteiger partial charge in [0.2, 0.25) is 15.9 Å². The maximum absolute atomic E-state index is 12.9. The maximum Gasteiger partial charge on any atom is 0.241 e. The van der Waals surface area contributed by atoms with Crippen LogP contribution >= 0.6 is 0 Å². The molecule has 1 heterocycles. The first kappa shape index (κ1) is 20.1. The van der Waals surface area contributed by atoms with Gasteiger partial charge < -0.3 is 10.3 Å². The zero-order chi connectivity index (χ0) is 20.3. The minimum absolute atomic E-state index is 0.0959. The maximum atomic E-state index is 12.9. The number of amides is 1. The molecule has 0 fully saturated rings. The van der Waals surface area contributed by atoms with E-state index < -0.39 is 16.1 Å². The molecule has 2 aromatic carbocycles. The highest BCUT2D eigenvalue weighted by Crippen LogP contribution is 2.20. The Morgan fingerprint density at radius 2 is 1.86 bits per heavy atom. The predicted octanol–water partition coefficient (Wildman–Crippen LogP) is 2.89. The number of fused-ring (bicyclic) bond motifs is 1. The van der Waals surface area contributed by atoms with Crippen LogP contribution in [0, 0.1) is 6.92 Å². The van der Waals surface area contributed by atoms with Gasteiger partial charge in [0.15, 0.2) is 0 Å². The van der Waals surface area contributed by atoms with Gasteiger partial charge in [0.1, 0.15) is 6.04 Å². The van der Waals surface area contributed by atoms with Crippen molar-refractivity contribution < 1.29 is 13.2 Å². The van der Waals surface area contributed by atoms with Crippen LogP contribution in [0.3, 0.4) is 0 Å². The van der Waals surface area contributed by atoms with Gasteiger partial charge in [-0.1, -0.05) is 30.3 Å². The van der Waals surface area contributed by atoms with E-state index >= 15 is 0 Å². The average Bonchev–Trinajstić information content (AvgIpc) is 3.03. The highest BCUT2D eigenvalue weighted by atomic mass is 32.2. The number of para-hydroxylation sites is 1. The zero-order valence-electron chi connectivity index (χ0n) is 16.2. The van der Waals surface area contributed by atoms with Gasteiger partial charge in [0.25, 0.3) is 0 Å². The summed E-state index contributed by atoms with van der Waals surface area (Å²) in [6, 6.07) is 13.3. The quantitative estimate of drug-likeness (QED) is 0.570. The fourth-order valence-electron chi connectivity index (χ4n) is 3.13. The third kappa shape index (κ3) is 4.61. The number of carbonyl (C=O) groups is 1. The van der Waals surface area contributed by atoms with E-state index in [1.54, 1.807) is 12.1 Å². The van der Waals surface area contributed by atoms with Crippen molar-refractivity contribution >= 4 is 26.8 Å². The Morgan fingerprint density at radius 3 is 2.57 bits per heavy atom. The van der Waals surface area contributed by atoms with E-state index in [4.69, 9.17) is 0 Å². The van der Waals surface area contributed by atoms with Gasteiger partial charge in [0, 0.05) is 23.1 Å². The first-order valence-electron chi connectivity index (χ1n) is 9.20. The first-order valence-corrected chi connectivity index (χ1v) is 10.7. The van der Waals surface area contributed by atoms with Crippen molar-refractivity contribution in [2.75, 3.05) is 0 Å². The van der Waals surface area contributed by atoms with E-state index in [1.165, 1.54) is 6.07 Å². The molecule has 0 bridgehead atoms.